The van der Waals surface area contributed by atoms with E-state index in [9.17, 15) is 39.0 Å². The largest absolute Gasteiger partial charge is 0.495 e. The number of allylic oxidation sites excluding steroid dienone is 3. The van der Waals surface area contributed by atoms with Crippen molar-refractivity contribution in [1.82, 2.24) is 20.9 Å². The minimum Gasteiger partial charge on any atom is -0.495 e. The molecule has 1 saturated heterocycles. The van der Waals surface area contributed by atoms with E-state index in [2.05, 4.69) is 20.8 Å². The lowest BCUT2D eigenvalue weighted by Gasteiger charge is -2.43. The molecule has 0 aliphatic carbocycles. The van der Waals surface area contributed by atoms with Crippen LogP contribution in [0.15, 0.2) is 35.9 Å². The Morgan fingerprint density at radius 1 is 1.07 bits per heavy atom. The van der Waals surface area contributed by atoms with Crippen molar-refractivity contribution < 1.29 is 72.2 Å². The summed E-state index contributed by atoms with van der Waals surface area (Å²) in [5.74, 6) is 1.29. The van der Waals surface area contributed by atoms with Gasteiger partial charge in [0.2, 0.25) is 23.6 Å². The lowest BCUT2D eigenvalue weighted by atomic mass is 9.81. The van der Waals surface area contributed by atoms with Gasteiger partial charge in [-0.05, 0) is 38.0 Å². The summed E-state index contributed by atoms with van der Waals surface area (Å²) in [5, 5.41) is 31.5. The quantitative estimate of drug-likeness (QED) is 0.0580. The average molecular weight is 1000 g/mol. The Kier molecular flexibility index (Phi) is 24.5. The molecule has 7 N–H and O–H groups in total. The fraction of sp³-hybridized carbons (Fsp3) is 0.644. The molecular formula is C45H69ClN6O15S. The van der Waals surface area contributed by atoms with Crippen molar-refractivity contribution in [2.75, 3.05) is 90.8 Å². The van der Waals surface area contributed by atoms with E-state index in [0.29, 0.717) is 31.0 Å². The van der Waals surface area contributed by atoms with Crippen LogP contribution in [-0.4, -0.2) is 173 Å². The number of hydrogen-bond donors (Lipinski definition) is 6. The normalized spacial score (nSPS) is 25.2. The topological polar surface area (TPSA) is 276 Å². The predicted octanol–water partition coefficient (Wildman–Crippen LogP) is 1.63. The monoisotopic (exact) mass is 1000 g/mol. The van der Waals surface area contributed by atoms with Crippen molar-refractivity contribution in [3.63, 3.8) is 0 Å². The van der Waals surface area contributed by atoms with Gasteiger partial charge in [-0.1, -0.05) is 49.2 Å². The molecule has 1 aromatic carbocycles. The molecule has 8 atom stereocenters. The van der Waals surface area contributed by atoms with E-state index in [1.807, 2.05) is 13.0 Å². The summed E-state index contributed by atoms with van der Waals surface area (Å²) in [7, 11) is 5.79. The number of rotatable bonds is 21. The predicted molar refractivity (Wildman–Crippen MR) is 253 cm³/mol. The number of fused-ring (bicyclic) bond motifs is 4. The highest BCUT2D eigenvalue weighted by Gasteiger charge is 2.48. The number of alkyl carbamates (subject to hydrolysis) is 1. The van der Waals surface area contributed by atoms with Crippen molar-refractivity contribution in [3.05, 3.63) is 46.5 Å². The summed E-state index contributed by atoms with van der Waals surface area (Å²) in [4.78, 5) is 84.6. The Bertz CT molecular complexity index is 1930. The summed E-state index contributed by atoms with van der Waals surface area (Å²) in [6.07, 6.45) is -0.762. The molecule has 2 heterocycles. The van der Waals surface area contributed by atoms with E-state index in [4.69, 9.17) is 45.9 Å². The number of hydrogen-bond acceptors (Lipinski definition) is 17. The molecule has 0 spiro atoms. The maximum Gasteiger partial charge on any atom is 0.409 e. The number of halogens is 1. The Balaban J connectivity index is 1.68. The van der Waals surface area contributed by atoms with Crippen LogP contribution in [0.5, 0.6) is 5.75 Å². The minimum atomic E-state index is -1.94. The molecule has 0 radical (unpaired) electrons. The third-order valence-corrected chi connectivity index (χ3v) is 13.0. The fourth-order valence-electron chi connectivity index (χ4n) is 7.34. The third kappa shape index (κ3) is 17.8. The number of ether oxygens (including phenoxy) is 6. The molecule has 21 nitrogen and oxygen atoms in total. The number of amides is 5. The average Bonchev–Trinajstić information content (AvgIpc) is 3.30. The van der Waals surface area contributed by atoms with Gasteiger partial charge < -0.3 is 59.1 Å². The molecule has 0 aromatic heterocycles. The number of anilines is 1. The van der Waals surface area contributed by atoms with Crippen molar-refractivity contribution in [3.8, 4) is 5.75 Å². The van der Waals surface area contributed by atoms with Crippen LogP contribution in [0.1, 0.15) is 52.5 Å². The van der Waals surface area contributed by atoms with E-state index >= 15 is 0 Å². The van der Waals surface area contributed by atoms with E-state index in [-0.39, 0.29) is 74.2 Å². The van der Waals surface area contributed by atoms with Gasteiger partial charge in [0.1, 0.15) is 41.7 Å². The maximum absolute atomic E-state index is 14.2. The van der Waals surface area contributed by atoms with Gasteiger partial charge in [0.15, 0.2) is 5.72 Å². The Labute approximate surface area is 407 Å². The SMILES string of the molecule is COc1cc2cc(c1Cl)N(C)C(=O)C[C@H](OC(=O)[C@H](C)N(C)C(=O)CCSCC(=O)NCCOCCOCCNC(=O)CON)C(C)[C@@H](O)C(C)[C@@H]1C[C@@](O)(NC(=O)O1)[C@H](OC)/C=C/C=C(\C)C2. The number of nitrogens with two attached hydrogens (primary N) is 1. The van der Waals surface area contributed by atoms with Crippen LogP contribution in [0.25, 0.3) is 0 Å². The number of likely N-dealkylation sites (N-methyl/N-ethyl adjacent to an activating group) is 1. The van der Waals surface area contributed by atoms with Gasteiger partial charge in [-0.2, -0.15) is 11.8 Å². The Morgan fingerprint density at radius 2 is 1.74 bits per heavy atom. The highest BCUT2D eigenvalue weighted by Crippen LogP contribution is 2.38. The highest BCUT2D eigenvalue weighted by molar-refractivity contribution is 7.99. The van der Waals surface area contributed by atoms with Crippen LogP contribution in [0, 0.1) is 11.8 Å². The van der Waals surface area contributed by atoms with Crippen molar-refractivity contribution in [2.45, 2.75) is 89.6 Å². The van der Waals surface area contributed by atoms with Gasteiger partial charge in [-0.25, -0.2) is 15.5 Å². The fourth-order valence-corrected chi connectivity index (χ4v) is 8.40. The molecule has 3 rings (SSSR count). The molecule has 382 valence electrons. The molecule has 5 amide bonds. The number of carbonyl (C=O) groups excluding carboxylic acids is 6. The number of aliphatic hydroxyl groups excluding tert-OH is 1. The molecule has 2 aliphatic heterocycles. The number of benzene rings is 1. The van der Waals surface area contributed by atoms with Crippen molar-refractivity contribution in [2.24, 2.45) is 17.7 Å². The Morgan fingerprint density at radius 3 is 2.37 bits per heavy atom. The number of nitrogens with one attached hydrogen (secondary N) is 3. The van der Waals surface area contributed by atoms with Crippen molar-refractivity contribution in [1.29, 1.82) is 0 Å². The zero-order chi connectivity index (χ0) is 50.6. The molecule has 2 aliphatic rings. The van der Waals surface area contributed by atoms with Crippen LogP contribution in [0.4, 0.5) is 10.5 Å². The highest BCUT2D eigenvalue weighted by atomic mass is 35.5. The minimum absolute atomic E-state index is 0.00136. The van der Waals surface area contributed by atoms with Crippen molar-refractivity contribution >= 4 is 64.7 Å². The number of aliphatic hydroxyl groups is 2. The maximum atomic E-state index is 14.2. The smallest absolute Gasteiger partial charge is 0.409 e. The first-order chi connectivity index (χ1) is 32.3. The van der Waals surface area contributed by atoms with Gasteiger partial charge in [-0.3, -0.25) is 29.3 Å². The summed E-state index contributed by atoms with van der Waals surface area (Å²) >= 11 is 8.00. The molecular weight excluding hydrogens is 932 g/mol. The zero-order valence-corrected chi connectivity index (χ0v) is 41.7. The number of methoxy groups -OCH3 is 2. The van der Waals surface area contributed by atoms with E-state index < -0.39 is 78.3 Å². The first kappa shape index (κ1) is 57.8. The third-order valence-electron chi connectivity index (χ3n) is 11.6. The van der Waals surface area contributed by atoms with Crippen LogP contribution in [0.2, 0.25) is 5.02 Å². The zero-order valence-electron chi connectivity index (χ0n) is 40.1. The molecule has 0 saturated carbocycles. The second kappa shape index (κ2) is 28.8. The van der Waals surface area contributed by atoms with Crippen LogP contribution in [0.3, 0.4) is 0 Å². The lowest BCUT2D eigenvalue weighted by Crippen LogP contribution is -2.64. The summed E-state index contributed by atoms with van der Waals surface area (Å²) in [6, 6.07) is 2.37. The first-order valence-corrected chi connectivity index (χ1v) is 23.7. The first-order valence-electron chi connectivity index (χ1n) is 22.2. The van der Waals surface area contributed by atoms with E-state index in [0.717, 1.165) is 11.1 Å². The molecule has 4 bridgehead atoms. The van der Waals surface area contributed by atoms with Gasteiger partial charge >= 0.3 is 12.1 Å². The number of carbonyl (C=O) groups is 6. The second-order valence-corrected chi connectivity index (χ2v) is 18.1. The summed E-state index contributed by atoms with van der Waals surface area (Å²) < 4.78 is 33.5. The standard InChI is InChI=1S/C45H69ClN6O15S/c1-27-10-9-11-36(62-8)45(60)24-35(67-44(59)50-45)29(3)42(57)28(2)33(23-40(56)52(6)32-21-31(20-27)22-34(61-7)41(32)46)66-43(58)30(4)51(5)39(55)12-19-68-26-38(54)49-14-16-64-18-17-63-15-13-48-37(53)25-65-47/h9-11,21-22,28-30,33,35-36,42,57,60H,12-20,23-26,47H2,1-8H3,(H,48,53)(H,49,54)(H,50,59)/b11-9+,27-10+/t28?,29?,30-,33-,35-,36+,42+,45-/m0/s1. The number of nitrogens with zero attached hydrogens (tertiary/aromatic N) is 2. The van der Waals surface area contributed by atoms with Crippen LogP contribution in [-0.2, 0) is 58.9 Å². The van der Waals surface area contributed by atoms with E-state index in [1.165, 1.54) is 56.8 Å². The molecule has 23 heteroatoms. The lowest BCUT2D eigenvalue weighted by molar-refractivity contribution is -0.167. The molecule has 68 heavy (non-hydrogen) atoms. The van der Waals surface area contributed by atoms with Crippen LogP contribution < -0.4 is 31.5 Å². The second-order valence-electron chi connectivity index (χ2n) is 16.6. The summed E-state index contributed by atoms with van der Waals surface area (Å²) in [6.45, 7) is 8.01. The molecule has 1 fully saturated rings. The van der Waals surface area contributed by atoms with Crippen LogP contribution >= 0.6 is 23.4 Å². The number of esters is 1. The van der Waals surface area contributed by atoms with Gasteiger partial charge in [0, 0.05) is 64.7 Å². The van der Waals surface area contributed by atoms with Gasteiger partial charge in [0.25, 0.3) is 0 Å². The summed E-state index contributed by atoms with van der Waals surface area (Å²) in [5.41, 5.74) is 0.0215. The molecule has 2 unspecified atom stereocenters. The molecule has 1 aromatic rings. The van der Waals surface area contributed by atoms with Gasteiger partial charge in [0.05, 0.1) is 57.5 Å². The number of thioether (sulfide) groups is 1. The van der Waals surface area contributed by atoms with Gasteiger partial charge in [-0.15, -0.1) is 0 Å². The Hall–Kier alpha value is -4.52. The van der Waals surface area contributed by atoms with E-state index in [1.54, 1.807) is 38.1 Å².